The molecule has 0 amide bonds. The maximum atomic E-state index is 10.5. The van der Waals surface area contributed by atoms with Crippen LogP contribution in [0, 0.1) is 0 Å². The Morgan fingerprint density at radius 2 is 2.17 bits per heavy atom. The summed E-state index contributed by atoms with van der Waals surface area (Å²) in [4.78, 5) is 10.5. The van der Waals surface area contributed by atoms with Crippen molar-refractivity contribution in [1.29, 1.82) is 0 Å². The lowest BCUT2D eigenvalue weighted by Gasteiger charge is -2.06. The largest absolute Gasteiger partial charge is 0.478 e. The Hall–Kier alpha value is -1.25. The van der Waals surface area contributed by atoms with Gasteiger partial charge in [0.15, 0.2) is 0 Å². The van der Waals surface area contributed by atoms with Crippen LogP contribution in [0.25, 0.3) is 0 Å². The van der Waals surface area contributed by atoms with E-state index >= 15 is 0 Å². The summed E-state index contributed by atoms with van der Waals surface area (Å²) >= 11 is 0. The van der Waals surface area contributed by atoms with Gasteiger partial charge in [-0.05, 0) is 20.3 Å². The molecule has 12 heavy (non-hydrogen) atoms. The minimum Gasteiger partial charge on any atom is -0.478 e. The molecule has 0 aliphatic carbocycles. The van der Waals surface area contributed by atoms with E-state index in [2.05, 4.69) is 11.9 Å². The fraction of sp³-hybridized carbons (Fsp3) is 0.444. The van der Waals surface area contributed by atoms with E-state index in [9.17, 15) is 4.79 Å². The maximum absolute atomic E-state index is 10.5. The number of rotatable bonds is 5. The van der Waals surface area contributed by atoms with Crippen molar-refractivity contribution in [1.82, 2.24) is 5.32 Å². The van der Waals surface area contributed by atoms with Crippen molar-refractivity contribution in [2.45, 2.75) is 20.3 Å². The average molecular weight is 169 g/mol. The highest BCUT2D eigenvalue weighted by atomic mass is 16.4. The van der Waals surface area contributed by atoms with Crippen molar-refractivity contribution in [3.63, 3.8) is 0 Å². The van der Waals surface area contributed by atoms with Gasteiger partial charge in [-0.1, -0.05) is 6.08 Å². The second-order valence-electron chi connectivity index (χ2n) is 2.56. The smallest absolute Gasteiger partial charge is 0.333 e. The molecule has 0 aromatic carbocycles. The van der Waals surface area contributed by atoms with Gasteiger partial charge >= 0.3 is 5.97 Å². The molecule has 0 unspecified atom stereocenters. The summed E-state index contributed by atoms with van der Waals surface area (Å²) < 4.78 is 0. The molecule has 0 rings (SSSR count). The van der Waals surface area contributed by atoms with Gasteiger partial charge in [-0.15, -0.1) is 6.58 Å². The van der Waals surface area contributed by atoms with E-state index in [1.165, 1.54) is 0 Å². The lowest BCUT2D eigenvalue weighted by atomic mass is 10.2. The Bertz CT molecular complexity index is 207. The summed E-state index contributed by atoms with van der Waals surface area (Å²) in [5.74, 6) is -0.876. The average Bonchev–Trinajstić information content (AvgIpc) is 2.03. The van der Waals surface area contributed by atoms with Gasteiger partial charge in [0.1, 0.15) is 0 Å². The molecule has 0 saturated carbocycles. The molecule has 0 aromatic rings. The number of hydrogen-bond acceptors (Lipinski definition) is 2. The molecule has 68 valence electrons. The van der Waals surface area contributed by atoms with E-state index in [-0.39, 0.29) is 0 Å². The van der Waals surface area contributed by atoms with Crippen LogP contribution >= 0.6 is 0 Å². The number of aliphatic carboxylic acids is 1. The molecule has 0 aromatic heterocycles. The van der Waals surface area contributed by atoms with Crippen molar-refractivity contribution in [2.75, 3.05) is 6.54 Å². The molecule has 2 N–H and O–H groups in total. The van der Waals surface area contributed by atoms with Crippen molar-refractivity contribution in [3.05, 3.63) is 23.9 Å². The minimum absolute atomic E-state index is 0.360. The van der Waals surface area contributed by atoms with Crippen LogP contribution in [-0.2, 0) is 4.79 Å². The number of carboxylic acids is 1. The van der Waals surface area contributed by atoms with Gasteiger partial charge in [0.05, 0.1) is 5.57 Å². The van der Waals surface area contributed by atoms with Crippen molar-refractivity contribution in [2.24, 2.45) is 0 Å². The van der Waals surface area contributed by atoms with E-state index in [0.29, 0.717) is 11.3 Å². The van der Waals surface area contributed by atoms with E-state index in [0.717, 1.165) is 13.0 Å². The third kappa shape index (κ3) is 3.81. The number of allylic oxidation sites excluding steroid dienone is 1. The Labute approximate surface area is 72.8 Å². The molecule has 0 atom stereocenters. The monoisotopic (exact) mass is 169 g/mol. The predicted molar refractivity (Wildman–Crippen MR) is 48.8 cm³/mol. The minimum atomic E-state index is -0.876. The van der Waals surface area contributed by atoms with Gasteiger partial charge < -0.3 is 10.4 Å². The van der Waals surface area contributed by atoms with Gasteiger partial charge in [0.2, 0.25) is 0 Å². The first kappa shape index (κ1) is 10.8. The van der Waals surface area contributed by atoms with Gasteiger partial charge in [0.25, 0.3) is 0 Å². The van der Waals surface area contributed by atoms with Gasteiger partial charge in [-0.3, -0.25) is 0 Å². The Kier molecular flexibility index (Phi) is 4.84. The third-order valence-corrected chi connectivity index (χ3v) is 1.62. The zero-order valence-electron chi connectivity index (χ0n) is 7.55. The van der Waals surface area contributed by atoms with Crippen molar-refractivity contribution >= 4 is 5.97 Å². The third-order valence-electron chi connectivity index (χ3n) is 1.62. The molecule has 0 bridgehead atoms. The van der Waals surface area contributed by atoms with Crippen LogP contribution in [-0.4, -0.2) is 17.6 Å². The first-order valence-corrected chi connectivity index (χ1v) is 3.85. The Balaban J connectivity index is 3.99. The summed E-state index contributed by atoms with van der Waals surface area (Å²) in [7, 11) is 0. The van der Waals surface area contributed by atoms with Crippen LogP contribution < -0.4 is 5.32 Å². The first-order valence-electron chi connectivity index (χ1n) is 3.85. The highest BCUT2D eigenvalue weighted by Crippen LogP contribution is 1.99. The van der Waals surface area contributed by atoms with Crippen LogP contribution in [0.15, 0.2) is 23.9 Å². The van der Waals surface area contributed by atoms with Gasteiger partial charge in [0, 0.05) is 12.2 Å². The molecule has 3 nitrogen and oxygen atoms in total. The van der Waals surface area contributed by atoms with E-state index in [4.69, 9.17) is 5.11 Å². The molecule has 0 saturated heterocycles. The second kappa shape index (κ2) is 5.41. The zero-order chi connectivity index (χ0) is 9.56. The standard InChI is InChI=1S/C9H15NO2/c1-4-5-6-10-8(3)7(2)9(11)12/h4,10H,1,5-6H2,2-3H3,(H,11,12). The number of nitrogens with one attached hydrogen (secondary N) is 1. The highest BCUT2D eigenvalue weighted by molar-refractivity contribution is 5.86. The lowest BCUT2D eigenvalue weighted by Crippen LogP contribution is -2.16. The van der Waals surface area contributed by atoms with Gasteiger partial charge in [-0.2, -0.15) is 0 Å². The predicted octanol–water partition coefficient (Wildman–Crippen LogP) is 1.53. The van der Waals surface area contributed by atoms with E-state index < -0.39 is 5.97 Å². The zero-order valence-corrected chi connectivity index (χ0v) is 7.55. The van der Waals surface area contributed by atoms with Crippen LogP contribution in [0.3, 0.4) is 0 Å². The topological polar surface area (TPSA) is 49.3 Å². The van der Waals surface area contributed by atoms with Crippen molar-refractivity contribution < 1.29 is 9.90 Å². The molecular weight excluding hydrogens is 154 g/mol. The van der Waals surface area contributed by atoms with Crippen LogP contribution in [0.1, 0.15) is 20.3 Å². The summed E-state index contributed by atoms with van der Waals surface area (Å²) in [5, 5.41) is 11.6. The number of hydrogen-bond donors (Lipinski definition) is 2. The van der Waals surface area contributed by atoms with Crippen molar-refractivity contribution in [3.8, 4) is 0 Å². The molecule has 0 spiro atoms. The van der Waals surface area contributed by atoms with Crippen LogP contribution in [0.4, 0.5) is 0 Å². The normalized spacial score (nSPS) is 11.8. The quantitative estimate of drug-likeness (QED) is 0.373. The maximum Gasteiger partial charge on any atom is 0.333 e. The van der Waals surface area contributed by atoms with E-state index in [1.54, 1.807) is 19.9 Å². The molecule has 0 heterocycles. The second-order valence-corrected chi connectivity index (χ2v) is 2.56. The lowest BCUT2D eigenvalue weighted by molar-refractivity contribution is -0.132. The molecule has 0 aliphatic rings. The number of carboxylic acid groups (broad SMARTS) is 1. The molecular formula is C9H15NO2. The van der Waals surface area contributed by atoms with E-state index in [1.807, 2.05) is 0 Å². The molecule has 0 aliphatic heterocycles. The first-order chi connectivity index (χ1) is 5.59. The molecule has 3 heteroatoms. The highest BCUT2D eigenvalue weighted by Gasteiger charge is 2.03. The summed E-state index contributed by atoms with van der Waals surface area (Å²) in [6, 6.07) is 0. The SMILES string of the molecule is C=CCCNC(C)=C(C)C(=O)O. The number of carbonyl (C=O) groups is 1. The van der Waals surface area contributed by atoms with Gasteiger partial charge in [-0.25, -0.2) is 4.79 Å². The summed E-state index contributed by atoms with van der Waals surface area (Å²) in [6.45, 7) is 7.64. The summed E-state index contributed by atoms with van der Waals surface area (Å²) in [5.41, 5.74) is 1.07. The fourth-order valence-corrected chi connectivity index (χ4v) is 0.655. The van der Waals surface area contributed by atoms with Crippen LogP contribution in [0.2, 0.25) is 0 Å². The molecule has 0 fully saturated rings. The Morgan fingerprint density at radius 1 is 1.58 bits per heavy atom. The molecule has 0 radical (unpaired) electrons. The fourth-order valence-electron chi connectivity index (χ4n) is 0.655. The Morgan fingerprint density at radius 3 is 2.58 bits per heavy atom. The summed E-state index contributed by atoms with van der Waals surface area (Å²) in [6.07, 6.45) is 2.63. The van der Waals surface area contributed by atoms with Crippen LogP contribution in [0.5, 0.6) is 0 Å².